The van der Waals surface area contributed by atoms with Crippen LogP contribution < -0.4 is 5.73 Å². The van der Waals surface area contributed by atoms with E-state index < -0.39 is 0 Å². The lowest BCUT2D eigenvalue weighted by Gasteiger charge is -2.32. The van der Waals surface area contributed by atoms with Crippen LogP contribution >= 0.6 is 0 Å². The van der Waals surface area contributed by atoms with E-state index >= 15 is 0 Å². The molecule has 1 aromatic carbocycles. The Bertz CT molecular complexity index is 442. The van der Waals surface area contributed by atoms with Gasteiger partial charge in [0.05, 0.1) is 13.2 Å². The van der Waals surface area contributed by atoms with E-state index in [1.807, 2.05) is 6.07 Å². The van der Waals surface area contributed by atoms with Crippen LogP contribution in [-0.2, 0) is 11.3 Å². The highest BCUT2D eigenvalue weighted by atomic mass is 19.1. The van der Waals surface area contributed by atoms with Gasteiger partial charge in [-0.05, 0) is 30.2 Å². The molecule has 0 spiro atoms. The zero-order chi connectivity index (χ0) is 13.9. The summed E-state index contributed by atoms with van der Waals surface area (Å²) in [6, 6.07) is 5.43. The van der Waals surface area contributed by atoms with E-state index in [9.17, 15) is 4.39 Å². The molecule has 1 unspecified atom stereocenters. The highest BCUT2D eigenvalue weighted by molar-refractivity contribution is 5.41. The molecule has 1 atom stereocenters. The fourth-order valence-electron chi connectivity index (χ4n) is 3.22. The lowest BCUT2D eigenvalue weighted by molar-refractivity contribution is 0.0184. The van der Waals surface area contributed by atoms with Gasteiger partial charge in [-0.25, -0.2) is 4.39 Å². The lowest BCUT2D eigenvalue weighted by Crippen LogP contribution is -2.44. The molecule has 0 aliphatic carbocycles. The summed E-state index contributed by atoms with van der Waals surface area (Å²) < 4.78 is 18.7. The molecule has 1 aromatic rings. The van der Waals surface area contributed by atoms with E-state index in [4.69, 9.17) is 10.5 Å². The standard InChI is InChI=1S/C15H22FN3O/c16-13-7-12(8-14(17)9-13)10-18-2-1-15(11-18)19-3-5-20-6-4-19/h7-9,15H,1-6,10-11,17H2. The van der Waals surface area contributed by atoms with Gasteiger partial charge in [-0.1, -0.05) is 0 Å². The molecule has 2 aliphatic heterocycles. The molecule has 0 saturated carbocycles. The van der Waals surface area contributed by atoms with Crippen LogP contribution in [0.25, 0.3) is 0 Å². The molecule has 3 rings (SSSR count). The summed E-state index contributed by atoms with van der Waals surface area (Å²) in [5, 5.41) is 0. The first kappa shape index (κ1) is 13.8. The number of nitrogens with zero attached hydrogens (tertiary/aromatic N) is 2. The zero-order valence-corrected chi connectivity index (χ0v) is 11.7. The summed E-state index contributed by atoms with van der Waals surface area (Å²) in [6.45, 7) is 6.66. The van der Waals surface area contributed by atoms with Crippen LogP contribution in [0.3, 0.4) is 0 Å². The number of benzene rings is 1. The van der Waals surface area contributed by atoms with Gasteiger partial charge >= 0.3 is 0 Å². The summed E-state index contributed by atoms with van der Waals surface area (Å²) >= 11 is 0. The Balaban J connectivity index is 1.57. The quantitative estimate of drug-likeness (QED) is 0.847. The van der Waals surface area contributed by atoms with Crippen molar-refractivity contribution in [2.75, 3.05) is 45.1 Å². The third kappa shape index (κ3) is 3.29. The molecule has 2 heterocycles. The van der Waals surface area contributed by atoms with E-state index in [0.717, 1.165) is 51.5 Å². The summed E-state index contributed by atoms with van der Waals surface area (Å²) in [5.74, 6) is -0.246. The second-order valence-corrected chi connectivity index (χ2v) is 5.72. The van der Waals surface area contributed by atoms with Crippen LogP contribution in [0.15, 0.2) is 18.2 Å². The molecule has 2 fully saturated rings. The van der Waals surface area contributed by atoms with Crippen LogP contribution in [-0.4, -0.2) is 55.2 Å². The number of nitrogens with two attached hydrogens (primary N) is 1. The average molecular weight is 279 g/mol. The van der Waals surface area contributed by atoms with Crippen molar-refractivity contribution in [3.63, 3.8) is 0 Å². The second-order valence-electron chi connectivity index (χ2n) is 5.72. The van der Waals surface area contributed by atoms with Crippen molar-refractivity contribution in [1.82, 2.24) is 9.80 Å². The highest BCUT2D eigenvalue weighted by Crippen LogP contribution is 2.20. The van der Waals surface area contributed by atoms with Gasteiger partial charge in [-0.2, -0.15) is 0 Å². The van der Waals surface area contributed by atoms with Crippen molar-refractivity contribution in [3.05, 3.63) is 29.6 Å². The maximum atomic E-state index is 13.3. The molecule has 110 valence electrons. The van der Waals surface area contributed by atoms with Crippen LogP contribution in [0, 0.1) is 5.82 Å². The molecule has 0 amide bonds. The average Bonchev–Trinajstić information content (AvgIpc) is 2.87. The van der Waals surface area contributed by atoms with Gasteiger partial charge in [0, 0.05) is 44.5 Å². The number of hydrogen-bond donors (Lipinski definition) is 1. The minimum absolute atomic E-state index is 0.246. The molecule has 2 aliphatic rings. The van der Waals surface area contributed by atoms with Gasteiger partial charge in [-0.3, -0.25) is 9.80 Å². The summed E-state index contributed by atoms with van der Waals surface area (Å²) in [6.07, 6.45) is 1.19. The normalized spacial score (nSPS) is 25.1. The third-order valence-corrected chi connectivity index (χ3v) is 4.20. The van der Waals surface area contributed by atoms with Gasteiger partial charge in [0.25, 0.3) is 0 Å². The Morgan fingerprint density at radius 1 is 1.20 bits per heavy atom. The minimum Gasteiger partial charge on any atom is -0.399 e. The van der Waals surface area contributed by atoms with Gasteiger partial charge in [-0.15, -0.1) is 0 Å². The number of anilines is 1. The molecule has 2 N–H and O–H groups in total. The SMILES string of the molecule is Nc1cc(F)cc(CN2CCC(N3CCOCC3)C2)c1. The number of nitrogen functional groups attached to an aromatic ring is 1. The predicted octanol–water partition coefficient (Wildman–Crippen LogP) is 1.31. The first-order valence-corrected chi connectivity index (χ1v) is 7.30. The van der Waals surface area contributed by atoms with Crippen molar-refractivity contribution >= 4 is 5.69 Å². The Labute approximate surface area is 119 Å². The van der Waals surface area contributed by atoms with Crippen molar-refractivity contribution in [1.29, 1.82) is 0 Å². The summed E-state index contributed by atoms with van der Waals surface area (Å²) in [7, 11) is 0. The maximum absolute atomic E-state index is 13.3. The van der Waals surface area contributed by atoms with Gasteiger partial charge < -0.3 is 10.5 Å². The smallest absolute Gasteiger partial charge is 0.125 e. The number of ether oxygens (including phenoxy) is 1. The molecule has 4 nitrogen and oxygen atoms in total. The van der Waals surface area contributed by atoms with Crippen LogP contribution in [0.2, 0.25) is 0 Å². The number of rotatable bonds is 3. The Morgan fingerprint density at radius 3 is 2.75 bits per heavy atom. The van der Waals surface area contributed by atoms with E-state index in [1.54, 1.807) is 6.07 Å². The molecular formula is C15H22FN3O. The van der Waals surface area contributed by atoms with E-state index in [2.05, 4.69) is 9.80 Å². The Hall–Kier alpha value is -1.17. The highest BCUT2D eigenvalue weighted by Gasteiger charge is 2.28. The monoisotopic (exact) mass is 279 g/mol. The Kier molecular flexibility index (Phi) is 4.19. The second kappa shape index (κ2) is 6.08. The van der Waals surface area contributed by atoms with E-state index in [-0.39, 0.29) is 5.82 Å². The Morgan fingerprint density at radius 2 is 2.00 bits per heavy atom. The number of halogens is 1. The van der Waals surface area contributed by atoms with E-state index in [0.29, 0.717) is 11.7 Å². The van der Waals surface area contributed by atoms with Crippen molar-refractivity contribution in [3.8, 4) is 0 Å². The fourth-order valence-corrected chi connectivity index (χ4v) is 3.22. The van der Waals surface area contributed by atoms with Crippen LogP contribution in [0.5, 0.6) is 0 Å². The van der Waals surface area contributed by atoms with Crippen molar-refractivity contribution in [2.45, 2.75) is 19.0 Å². The molecule has 0 bridgehead atoms. The third-order valence-electron chi connectivity index (χ3n) is 4.20. The number of hydrogen-bond acceptors (Lipinski definition) is 4. The zero-order valence-electron chi connectivity index (χ0n) is 11.7. The van der Waals surface area contributed by atoms with Gasteiger partial charge in [0.1, 0.15) is 5.82 Å². The fraction of sp³-hybridized carbons (Fsp3) is 0.600. The van der Waals surface area contributed by atoms with E-state index in [1.165, 1.54) is 12.5 Å². The number of likely N-dealkylation sites (tertiary alicyclic amines) is 1. The molecular weight excluding hydrogens is 257 g/mol. The molecule has 5 heteroatoms. The minimum atomic E-state index is -0.246. The van der Waals surface area contributed by atoms with Gasteiger partial charge in [0.2, 0.25) is 0 Å². The first-order chi connectivity index (χ1) is 9.70. The van der Waals surface area contributed by atoms with Crippen LogP contribution in [0.1, 0.15) is 12.0 Å². The topological polar surface area (TPSA) is 41.7 Å². The largest absolute Gasteiger partial charge is 0.399 e. The molecule has 2 saturated heterocycles. The predicted molar refractivity (Wildman–Crippen MR) is 76.9 cm³/mol. The molecule has 20 heavy (non-hydrogen) atoms. The molecule has 0 radical (unpaired) electrons. The maximum Gasteiger partial charge on any atom is 0.125 e. The summed E-state index contributed by atoms with van der Waals surface area (Å²) in [5.41, 5.74) is 7.16. The number of morpholine rings is 1. The first-order valence-electron chi connectivity index (χ1n) is 7.30. The van der Waals surface area contributed by atoms with Crippen molar-refractivity contribution in [2.24, 2.45) is 0 Å². The summed E-state index contributed by atoms with van der Waals surface area (Å²) in [4.78, 5) is 4.90. The van der Waals surface area contributed by atoms with Crippen molar-refractivity contribution < 1.29 is 9.13 Å². The lowest BCUT2D eigenvalue weighted by atomic mass is 10.2. The van der Waals surface area contributed by atoms with Gasteiger partial charge in [0.15, 0.2) is 0 Å². The van der Waals surface area contributed by atoms with Crippen LogP contribution in [0.4, 0.5) is 10.1 Å². The molecule has 0 aromatic heterocycles.